The molecule has 0 saturated heterocycles. The summed E-state index contributed by atoms with van der Waals surface area (Å²) in [6.45, 7) is -0.311. The number of hydrogen-bond donors (Lipinski definition) is 3. The van der Waals surface area contributed by atoms with Gasteiger partial charge in [-0.15, -0.1) is 0 Å². The fourth-order valence-corrected chi connectivity index (χ4v) is 4.18. The molecule has 0 radical (unpaired) electrons. The van der Waals surface area contributed by atoms with Crippen LogP contribution in [0.1, 0.15) is 36.0 Å². The Morgan fingerprint density at radius 2 is 2.04 bits per heavy atom. The lowest BCUT2D eigenvalue weighted by atomic mass is 9.95. The van der Waals surface area contributed by atoms with Gasteiger partial charge >= 0.3 is 0 Å². The van der Waals surface area contributed by atoms with Crippen LogP contribution in [0.2, 0.25) is 0 Å². The Labute approximate surface area is 145 Å². The molecule has 3 aliphatic rings. The minimum Gasteiger partial charge on any atom is -0.454 e. The van der Waals surface area contributed by atoms with Crippen LogP contribution >= 0.6 is 0 Å². The van der Waals surface area contributed by atoms with Gasteiger partial charge in [0.1, 0.15) is 6.04 Å². The third-order valence-corrected chi connectivity index (χ3v) is 5.50. The van der Waals surface area contributed by atoms with Crippen LogP contribution in [0.15, 0.2) is 18.2 Å². The van der Waals surface area contributed by atoms with E-state index in [2.05, 4.69) is 10.6 Å². The Balaban J connectivity index is 1.37. The maximum Gasteiger partial charge on any atom is 0.252 e. The number of carbonyl (C=O) groups is 2. The van der Waals surface area contributed by atoms with Gasteiger partial charge in [0.25, 0.3) is 5.91 Å². The van der Waals surface area contributed by atoms with Gasteiger partial charge in [-0.3, -0.25) is 9.59 Å². The van der Waals surface area contributed by atoms with Crippen molar-refractivity contribution in [3.05, 3.63) is 23.8 Å². The van der Waals surface area contributed by atoms with Crippen molar-refractivity contribution in [1.82, 2.24) is 10.6 Å². The second kappa shape index (κ2) is 6.55. The Morgan fingerprint density at radius 3 is 2.76 bits per heavy atom. The lowest BCUT2D eigenvalue weighted by Gasteiger charge is -2.25. The summed E-state index contributed by atoms with van der Waals surface area (Å²) in [7, 11) is 0. The molecule has 2 bridgehead atoms. The Kier molecular flexibility index (Phi) is 4.25. The van der Waals surface area contributed by atoms with E-state index in [9.17, 15) is 14.7 Å². The van der Waals surface area contributed by atoms with Crippen molar-refractivity contribution in [3.63, 3.8) is 0 Å². The van der Waals surface area contributed by atoms with Crippen molar-refractivity contribution in [1.29, 1.82) is 0 Å². The molecule has 25 heavy (non-hydrogen) atoms. The molecule has 0 aromatic heterocycles. The van der Waals surface area contributed by atoms with Crippen LogP contribution in [0.5, 0.6) is 11.5 Å². The lowest BCUT2D eigenvalue weighted by Crippen LogP contribution is -2.52. The van der Waals surface area contributed by atoms with Gasteiger partial charge in [-0.1, -0.05) is 6.42 Å². The summed E-state index contributed by atoms with van der Waals surface area (Å²) in [6, 6.07) is 4.03. The van der Waals surface area contributed by atoms with Gasteiger partial charge in [0, 0.05) is 11.6 Å². The molecular weight excluding hydrogens is 324 g/mol. The van der Waals surface area contributed by atoms with E-state index in [1.165, 1.54) is 12.8 Å². The molecule has 7 heteroatoms. The van der Waals surface area contributed by atoms with Gasteiger partial charge in [0.2, 0.25) is 12.7 Å². The summed E-state index contributed by atoms with van der Waals surface area (Å²) in [5.74, 6) is 1.59. The molecular formula is C18H22N2O5. The molecule has 1 aliphatic heterocycles. The first kappa shape index (κ1) is 16.2. The SMILES string of the molecule is O=C(NC(CO)C(=O)NC1CC2CCC1C2)c1ccc2c(c1)OCO2. The maximum absolute atomic E-state index is 12.4. The predicted octanol–water partition coefficient (Wildman–Crippen LogP) is 0.811. The van der Waals surface area contributed by atoms with Crippen LogP contribution in [-0.2, 0) is 4.79 Å². The fourth-order valence-electron chi connectivity index (χ4n) is 4.18. The zero-order chi connectivity index (χ0) is 17.4. The lowest BCUT2D eigenvalue weighted by molar-refractivity contribution is -0.124. The Morgan fingerprint density at radius 1 is 1.20 bits per heavy atom. The molecule has 2 aliphatic carbocycles. The molecule has 0 spiro atoms. The quantitative estimate of drug-likeness (QED) is 0.733. The zero-order valence-corrected chi connectivity index (χ0v) is 13.9. The largest absolute Gasteiger partial charge is 0.454 e. The number of nitrogens with one attached hydrogen (secondary N) is 2. The fraction of sp³-hybridized carbons (Fsp3) is 0.556. The average molecular weight is 346 g/mol. The third kappa shape index (κ3) is 3.16. The summed E-state index contributed by atoms with van der Waals surface area (Å²) in [6.07, 6.45) is 4.59. The van der Waals surface area contributed by atoms with Gasteiger partial charge in [-0.2, -0.15) is 0 Å². The van der Waals surface area contributed by atoms with Crippen LogP contribution in [-0.4, -0.2) is 42.4 Å². The number of aliphatic hydroxyl groups excluding tert-OH is 1. The van der Waals surface area contributed by atoms with E-state index in [-0.39, 0.29) is 18.7 Å². The van der Waals surface area contributed by atoms with Gasteiger partial charge < -0.3 is 25.2 Å². The second-order valence-corrected chi connectivity index (χ2v) is 7.07. The third-order valence-electron chi connectivity index (χ3n) is 5.50. The van der Waals surface area contributed by atoms with E-state index in [0.717, 1.165) is 12.8 Å². The van der Waals surface area contributed by atoms with Gasteiger partial charge in [0.05, 0.1) is 6.61 Å². The summed E-state index contributed by atoms with van der Waals surface area (Å²) < 4.78 is 10.5. The molecule has 4 unspecified atom stereocenters. The van der Waals surface area contributed by atoms with Crippen molar-refractivity contribution in [2.75, 3.05) is 13.4 Å². The van der Waals surface area contributed by atoms with E-state index in [0.29, 0.717) is 28.9 Å². The highest BCUT2D eigenvalue weighted by Gasteiger charge is 2.40. The first-order chi connectivity index (χ1) is 12.1. The number of ether oxygens (including phenoxy) is 2. The standard InChI is InChI=1S/C18H22N2O5/c21-8-14(18(23)19-13-6-10-1-2-11(13)5-10)20-17(22)12-3-4-15-16(7-12)25-9-24-15/h3-4,7,10-11,13-14,21H,1-2,5-6,8-9H2,(H,19,23)(H,20,22). The van der Waals surface area contributed by atoms with E-state index >= 15 is 0 Å². The molecule has 1 aromatic rings. The van der Waals surface area contributed by atoms with Crippen molar-refractivity contribution in [2.24, 2.45) is 11.8 Å². The van der Waals surface area contributed by atoms with Gasteiger partial charge in [0.15, 0.2) is 11.5 Å². The van der Waals surface area contributed by atoms with Gasteiger partial charge in [-0.05, 0) is 49.3 Å². The van der Waals surface area contributed by atoms with E-state index in [1.54, 1.807) is 18.2 Å². The summed E-state index contributed by atoms with van der Waals surface area (Å²) in [4.78, 5) is 24.8. The van der Waals surface area contributed by atoms with Crippen LogP contribution < -0.4 is 20.1 Å². The smallest absolute Gasteiger partial charge is 0.252 e. The van der Waals surface area contributed by atoms with Gasteiger partial charge in [-0.25, -0.2) is 0 Å². The normalized spacial score (nSPS) is 27.2. The number of amides is 2. The molecule has 1 aromatic carbocycles. The average Bonchev–Trinajstić information content (AvgIpc) is 3.34. The van der Waals surface area contributed by atoms with E-state index in [4.69, 9.17) is 9.47 Å². The molecule has 2 fully saturated rings. The molecule has 2 amide bonds. The van der Waals surface area contributed by atoms with Crippen LogP contribution in [0, 0.1) is 11.8 Å². The monoisotopic (exact) mass is 346 g/mol. The number of benzene rings is 1. The highest BCUT2D eigenvalue weighted by molar-refractivity contribution is 5.98. The zero-order valence-electron chi connectivity index (χ0n) is 13.9. The molecule has 2 saturated carbocycles. The summed E-state index contributed by atoms with van der Waals surface area (Å²) in [5.41, 5.74) is 0.357. The number of hydrogen-bond acceptors (Lipinski definition) is 5. The summed E-state index contributed by atoms with van der Waals surface area (Å²) in [5, 5.41) is 15.1. The second-order valence-electron chi connectivity index (χ2n) is 7.07. The van der Waals surface area contributed by atoms with Crippen LogP contribution in [0.4, 0.5) is 0 Å². The van der Waals surface area contributed by atoms with Crippen molar-refractivity contribution < 1.29 is 24.2 Å². The van der Waals surface area contributed by atoms with E-state index in [1.807, 2.05) is 0 Å². The topological polar surface area (TPSA) is 96.9 Å². The minimum absolute atomic E-state index is 0.131. The number of aliphatic hydroxyl groups is 1. The first-order valence-electron chi connectivity index (χ1n) is 8.76. The number of carbonyl (C=O) groups excluding carboxylic acids is 2. The maximum atomic E-state index is 12.4. The minimum atomic E-state index is -0.961. The highest BCUT2D eigenvalue weighted by atomic mass is 16.7. The van der Waals surface area contributed by atoms with Crippen LogP contribution in [0.3, 0.4) is 0 Å². The number of rotatable bonds is 5. The van der Waals surface area contributed by atoms with E-state index < -0.39 is 18.6 Å². The highest BCUT2D eigenvalue weighted by Crippen LogP contribution is 2.44. The first-order valence-corrected chi connectivity index (χ1v) is 8.76. The molecule has 1 heterocycles. The molecule has 134 valence electrons. The Bertz CT molecular complexity index is 692. The van der Waals surface area contributed by atoms with Crippen molar-refractivity contribution in [2.45, 2.75) is 37.8 Å². The van der Waals surface area contributed by atoms with Crippen LogP contribution in [0.25, 0.3) is 0 Å². The molecule has 3 N–H and O–H groups in total. The predicted molar refractivity (Wildman–Crippen MR) is 88.3 cm³/mol. The van der Waals surface area contributed by atoms with Crippen molar-refractivity contribution >= 4 is 11.8 Å². The van der Waals surface area contributed by atoms with Crippen molar-refractivity contribution in [3.8, 4) is 11.5 Å². The molecule has 4 atom stereocenters. The Hall–Kier alpha value is -2.28. The molecule has 7 nitrogen and oxygen atoms in total. The summed E-state index contributed by atoms with van der Waals surface area (Å²) >= 11 is 0. The molecule has 4 rings (SSSR count). The number of fused-ring (bicyclic) bond motifs is 3.